The molecule has 3 unspecified atom stereocenters. The molecule has 0 saturated carbocycles. The van der Waals surface area contributed by atoms with E-state index in [1.807, 2.05) is 31.2 Å². The molecule has 2 aromatic carbocycles. The van der Waals surface area contributed by atoms with Gasteiger partial charge in [0.2, 0.25) is 5.91 Å². The van der Waals surface area contributed by atoms with Crippen molar-refractivity contribution in [2.24, 2.45) is 11.7 Å². The van der Waals surface area contributed by atoms with Crippen LogP contribution in [-0.2, 0) is 4.79 Å². The number of carbonyl (C=O) groups excluding carboxylic acids is 1. The second kappa shape index (κ2) is 9.18. The van der Waals surface area contributed by atoms with Crippen molar-refractivity contribution in [1.29, 1.82) is 0 Å². The number of amides is 1. The molecule has 3 atom stereocenters. The van der Waals surface area contributed by atoms with Gasteiger partial charge in [0.15, 0.2) is 0 Å². The fraction of sp³-hybridized carbons (Fsp3) is 0.316. The highest BCUT2D eigenvalue weighted by molar-refractivity contribution is 6.31. The molecule has 0 spiro atoms. The molecule has 25 heavy (non-hydrogen) atoms. The molecule has 0 fully saturated rings. The zero-order chi connectivity index (χ0) is 17.9. The Morgan fingerprint density at radius 1 is 1.16 bits per heavy atom. The number of carbonyl (C=O) groups is 1. The van der Waals surface area contributed by atoms with E-state index in [0.29, 0.717) is 5.56 Å². The first-order valence-corrected chi connectivity index (χ1v) is 8.25. The predicted molar refractivity (Wildman–Crippen MR) is 103 cm³/mol. The van der Waals surface area contributed by atoms with Gasteiger partial charge in [-0.05, 0) is 37.1 Å². The fourth-order valence-electron chi connectivity index (χ4n) is 2.35. The van der Waals surface area contributed by atoms with E-state index in [0.717, 1.165) is 11.1 Å². The summed E-state index contributed by atoms with van der Waals surface area (Å²) in [5, 5.41) is 3.26. The van der Waals surface area contributed by atoms with Gasteiger partial charge in [-0.15, -0.1) is 12.4 Å². The first kappa shape index (κ1) is 21.4. The van der Waals surface area contributed by atoms with Crippen LogP contribution in [0, 0.1) is 18.7 Å². The molecule has 0 saturated heterocycles. The maximum Gasteiger partial charge on any atom is 0.225 e. The number of aryl methyl sites for hydroxylation is 1. The Kier molecular flexibility index (Phi) is 7.87. The molecule has 3 nitrogen and oxygen atoms in total. The van der Waals surface area contributed by atoms with Crippen molar-refractivity contribution >= 4 is 29.9 Å². The second-order valence-electron chi connectivity index (χ2n) is 6.17. The minimum Gasteiger partial charge on any atom is -0.345 e. The van der Waals surface area contributed by atoms with Crippen LogP contribution >= 0.6 is 24.0 Å². The van der Waals surface area contributed by atoms with Gasteiger partial charge in [-0.25, -0.2) is 4.39 Å². The third-order valence-electron chi connectivity index (χ3n) is 4.17. The van der Waals surface area contributed by atoms with Crippen molar-refractivity contribution in [3.05, 3.63) is 70.0 Å². The zero-order valence-corrected chi connectivity index (χ0v) is 16.0. The summed E-state index contributed by atoms with van der Waals surface area (Å²) in [6.45, 7) is 5.55. The third-order valence-corrected chi connectivity index (χ3v) is 4.50. The van der Waals surface area contributed by atoms with Gasteiger partial charge in [-0.3, -0.25) is 4.79 Å². The molecule has 0 bridgehead atoms. The summed E-state index contributed by atoms with van der Waals surface area (Å²) < 4.78 is 13.4. The molecule has 3 N–H and O–H groups in total. The zero-order valence-electron chi connectivity index (χ0n) is 14.4. The summed E-state index contributed by atoms with van der Waals surface area (Å²) in [7, 11) is 0. The first-order chi connectivity index (χ1) is 11.3. The molecule has 0 heterocycles. The lowest BCUT2D eigenvalue weighted by Crippen LogP contribution is -2.40. The van der Waals surface area contributed by atoms with Crippen LogP contribution in [0.15, 0.2) is 42.5 Å². The number of nitrogens with two attached hydrogens (primary N) is 1. The SMILES string of the molecule is Cc1ccc(C(NC(=O)C(C)C(C)N)c2ccc(F)cc2Cl)cc1.Cl. The molecule has 136 valence electrons. The number of halogens is 3. The van der Waals surface area contributed by atoms with Crippen molar-refractivity contribution in [1.82, 2.24) is 5.32 Å². The fourth-order valence-corrected chi connectivity index (χ4v) is 2.62. The minimum atomic E-state index is -0.465. The van der Waals surface area contributed by atoms with Crippen LogP contribution in [0.5, 0.6) is 0 Å². The van der Waals surface area contributed by atoms with Crippen molar-refractivity contribution in [3.63, 3.8) is 0 Å². The molecule has 1 amide bonds. The Balaban J connectivity index is 0.00000312. The van der Waals surface area contributed by atoms with Gasteiger partial charge < -0.3 is 11.1 Å². The molecule has 0 aliphatic rings. The Morgan fingerprint density at radius 3 is 2.28 bits per heavy atom. The lowest BCUT2D eigenvalue weighted by Gasteiger charge is -2.24. The van der Waals surface area contributed by atoms with Gasteiger partial charge >= 0.3 is 0 Å². The Morgan fingerprint density at radius 2 is 1.76 bits per heavy atom. The summed E-state index contributed by atoms with van der Waals surface area (Å²) in [6, 6.07) is 11.2. The highest BCUT2D eigenvalue weighted by Gasteiger charge is 2.24. The van der Waals surface area contributed by atoms with Crippen LogP contribution in [-0.4, -0.2) is 11.9 Å². The number of hydrogen-bond acceptors (Lipinski definition) is 2. The van der Waals surface area contributed by atoms with E-state index in [1.54, 1.807) is 19.9 Å². The van der Waals surface area contributed by atoms with Crippen molar-refractivity contribution in [2.45, 2.75) is 32.9 Å². The normalized spacial score (nSPS) is 14.2. The topological polar surface area (TPSA) is 55.1 Å². The van der Waals surface area contributed by atoms with Crippen molar-refractivity contribution < 1.29 is 9.18 Å². The number of hydrogen-bond donors (Lipinski definition) is 2. The van der Waals surface area contributed by atoms with E-state index in [1.165, 1.54) is 12.1 Å². The minimum absolute atomic E-state index is 0. The van der Waals surface area contributed by atoms with Gasteiger partial charge in [0.1, 0.15) is 5.82 Å². The largest absolute Gasteiger partial charge is 0.345 e. The highest BCUT2D eigenvalue weighted by atomic mass is 35.5. The average molecular weight is 385 g/mol. The highest BCUT2D eigenvalue weighted by Crippen LogP contribution is 2.29. The molecule has 2 rings (SSSR count). The predicted octanol–water partition coefficient (Wildman–Crippen LogP) is 4.40. The summed E-state index contributed by atoms with van der Waals surface area (Å²) in [5.41, 5.74) is 8.45. The molecule has 0 aromatic heterocycles. The van der Waals surface area contributed by atoms with Crippen LogP contribution < -0.4 is 11.1 Å². The summed E-state index contributed by atoms with van der Waals surface area (Å²) in [6.07, 6.45) is 0. The van der Waals surface area contributed by atoms with Gasteiger partial charge in [0.25, 0.3) is 0 Å². The van der Waals surface area contributed by atoms with E-state index in [9.17, 15) is 9.18 Å². The summed E-state index contributed by atoms with van der Waals surface area (Å²) in [4.78, 5) is 12.5. The quantitative estimate of drug-likeness (QED) is 0.802. The third kappa shape index (κ3) is 5.43. The monoisotopic (exact) mass is 384 g/mol. The first-order valence-electron chi connectivity index (χ1n) is 7.87. The number of benzene rings is 2. The molecule has 0 aliphatic heterocycles. The van der Waals surface area contributed by atoms with Crippen molar-refractivity contribution in [3.8, 4) is 0 Å². The van der Waals surface area contributed by atoms with Crippen LogP contribution in [0.1, 0.15) is 36.6 Å². The van der Waals surface area contributed by atoms with Crippen LogP contribution in [0.2, 0.25) is 5.02 Å². The smallest absolute Gasteiger partial charge is 0.225 e. The Bertz CT molecular complexity index is 720. The average Bonchev–Trinajstić information content (AvgIpc) is 2.53. The molecular weight excluding hydrogens is 362 g/mol. The summed E-state index contributed by atoms with van der Waals surface area (Å²) in [5.74, 6) is -0.935. The summed E-state index contributed by atoms with van der Waals surface area (Å²) >= 11 is 6.22. The van der Waals surface area contributed by atoms with Gasteiger partial charge in [-0.2, -0.15) is 0 Å². The second-order valence-corrected chi connectivity index (χ2v) is 6.57. The van der Waals surface area contributed by atoms with E-state index in [-0.39, 0.29) is 35.3 Å². The van der Waals surface area contributed by atoms with E-state index < -0.39 is 11.9 Å². The molecule has 0 aliphatic carbocycles. The molecule has 0 radical (unpaired) electrons. The number of rotatable bonds is 5. The Hall–Kier alpha value is -1.62. The van der Waals surface area contributed by atoms with E-state index >= 15 is 0 Å². The van der Waals surface area contributed by atoms with E-state index in [4.69, 9.17) is 17.3 Å². The lowest BCUT2D eigenvalue weighted by atomic mass is 9.96. The van der Waals surface area contributed by atoms with Crippen LogP contribution in [0.3, 0.4) is 0 Å². The van der Waals surface area contributed by atoms with Gasteiger partial charge in [-0.1, -0.05) is 54.4 Å². The standard InChI is InChI=1S/C19H22ClFN2O.ClH/c1-11-4-6-14(7-5-11)18(23-19(24)12(2)13(3)22)16-9-8-15(21)10-17(16)20;/h4-10,12-13,18H,22H2,1-3H3,(H,23,24);1H. The van der Waals surface area contributed by atoms with E-state index in [2.05, 4.69) is 5.32 Å². The van der Waals surface area contributed by atoms with Crippen LogP contribution in [0.25, 0.3) is 0 Å². The molecule has 6 heteroatoms. The van der Waals surface area contributed by atoms with Crippen LogP contribution in [0.4, 0.5) is 4.39 Å². The molecule has 2 aromatic rings. The maximum atomic E-state index is 13.4. The van der Waals surface area contributed by atoms with Gasteiger partial charge in [0.05, 0.1) is 6.04 Å². The Labute approximate surface area is 159 Å². The van der Waals surface area contributed by atoms with Gasteiger partial charge in [0, 0.05) is 17.0 Å². The molecular formula is C19H23Cl2FN2O. The lowest BCUT2D eigenvalue weighted by molar-refractivity contribution is -0.125. The maximum absolute atomic E-state index is 13.4. The number of nitrogens with one attached hydrogen (secondary N) is 1. The van der Waals surface area contributed by atoms with Crippen molar-refractivity contribution in [2.75, 3.05) is 0 Å².